The highest BCUT2D eigenvalue weighted by Gasteiger charge is 2.14. The molecule has 0 atom stereocenters. The molecular weight excluding hydrogens is 300 g/mol. The number of benzene rings is 2. The summed E-state index contributed by atoms with van der Waals surface area (Å²) in [6, 6.07) is 10.2. The largest absolute Gasteiger partial charge is 0.206 e. The molecule has 0 aliphatic carbocycles. The quantitative estimate of drug-likeness (QED) is 0.482. The van der Waals surface area contributed by atoms with Gasteiger partial charge in [0, 0.05) is 11.3 Å². The molecule has 0 spiro atoms. The lowest BCUT2D eigenvalue weighted by molar-refractivity contribution is 0.604. The summed E-state index contributed by atoms with van der Waals surface area (Å²) >= 11 is 0. The second-order valence-corrected chi connectivity index (χ2v) is 4.67. The van der Waals surface area contributed by atoms with Gasteiger partial charge in [0.15, 0.2) is 0 Å². The molecule has 0 unspecified atom stereocenters. The molecule has 0 aliphatic rings. The van der Waals surface area contributed by atoms with Crippen LogP contribution in [0.2, 0.25) is 0 Å². The van der Waals surface area contributed by atoms with Crippen LogP contribution in [0.25, 0.3) is 10.4 Å². The van der Waals surface area contributed by atoms with Crippen molar-refractivity contribution in [2.24, 2.45) is 5.11 Å². The van der Waals surface area contributed by atoms with Crippen LogP contribution in [0.3, 0.4) is 0 Å². The van der Waals surface area contributed by atoms with Crippen LogP contribution < -0.4 is 0 Å². The van der Waals surface area contributed by atoms with E-state index in [-0.39, 0.29) is 29.7 Å². The Balaban J connectivity index is 2.49. The highest BCUT2D eigenvalue weighted by Crippen LogP contribution is 2.23. The molecule has 0 heterocycles. The third kappa shape index (κ3) is 3.44. The fraction of sp³-hybridized carbons (Fsp3) is 0.125. The van der Waals surface area contributed by atoms with Gasteiger partial charge >= 0.3 is 0 Å². The van der Waals surface area contributed by atoms with Gasteiger partial charge in [-0.3, -0.25) is 0 Å². The van der Waals surface area contributed by atoms with Crippen LogP contribution in [0.5, 0.6) is 0 Å². The Labute approximate surface area is 130 Å². The van der Waals surface area contributed by atoms with Crippen LogP contribution >= 0.6 is 0 Å². The van der Waals surface area contributed by atoms with E-state index in [4.69, 9.17) is 16.1 Å². The maximum atomic E-state index is 14.4. The number of rotatable bonds is 4. The lowest BCUT2D eigenvalue weighted by Gasteiger charge is -2.11. The Morgan fingerprint density at radius 2 is 1.78 bits per heavy atom. The van der Waals surface area contributed by atoms with Crippen LogP contribution in [0, 0.1) is 34.3 Å². The number of hydrogen-bond donors (Lipinski definition) is 0. The van der Waals surface area contributed by atoms with Crippen molar-refractivity contribution in [1.82, 2.24) is 0 Å². The van der Waals surface area contributed by atoms with Gasteiger partial charge in [-0.1, -0.05) is 17.2 Å². The standard InChI is InChI=1S/C16H9F2N5/c17-15-6-10(1-2-11(15)7-19)5-14-13(9-22-23-21)4-3-12(8-20)16(14)18/h1-4,6H,5,9H2. The van der Waals surface area contributed by atoms with Crippen molar-refractivity contribution < 1.29 is 8.78 Å². The van der Waals surface area contributed by atoms with E-state index in [2.05, 4.69) is 10.0 Å². The Bertz CT molecular complexity index is 887. The molecule has 2 aromatic rings. The van der Waals surface area contributed by atoms with Crippen LogP contribution in [-0.4, -0.2) is 0 Å². The van der Waals surface area contributed by atoms with E-state index in [1.54, 1.807) is 12.1 Å². The first-order valence-corrected chi connectivity index (χ1v) is 6.50. The molecule has 112 valence electrons. The second kappa shape index (κ2) is 7.04. The molecule has 23 heavy (non-hydrogen) atoms. The third-order valence-electron chi connectivity index (χ3n) is 3.30. The Morgan fingerprint density at radius 3 is 2.39 bits per heavy atom. The van der Waals surface area contributed by atoms with Gasteiger partial charge in [-0.2, -0.15) is 10.5 Å². The van der Waals surface area contributed by atoms with Crippen molar-refractivity contribution >= 4 is 0 Å². The predicted octanol–water partition coefficient (Wildman–Crippen LogP) is 4.11. The minimum Gasteiger partial charge on any atom is -0.206 e. The summed E-state index contributed by atoms with van der Waals surface area (Å²) in [5.74, 6) is -1.42. The van der Waals surface area contributed by atoms with Crippen molar-refractivity contribution in [2.75, 3.05) is 0 Å². The summed E-state index contributed by atoms with van der Waals surface area (Å²) in [6.45, 7) is -0.0762. The molecule has 0 N–H and O–H groups in total. The van der Waals surface area contributed by atoms with E-state index in [1.807, 2.05) is 0 Å². The van der Waals surface area contributed by atoms with Gasteiger partial charge in [0.05, 0.1) is 17.7 Å². The normalized spacial score (nSPS) is 9.57. The van der Waals surface area contributed by atoms with E-state index in [0.29, 0.717) is 11.1 Å². The summed E-state index contributed by atoms with van der Waals surface area (Å²) in [5, 5.41) is 21.0. The van der Waals surface area contributed by atoms with Crippen molar-refractivity contribution in [1.29, 1.82) is 10.5 Å². The molecular formula is C16H9F2N5. The molecule has 0 saturated heterocycles. The molecule has 0 bridgehead atoms. The van der Waals surface area contributed by atoms with Crippen LogP contribution in [0.1, 0.15) is 27.8 Å². The number of nitrogens with zero attached hydrogens (tertiary/aromatic N) is 5. The molecule has 0 aromatic heterocycles. The van der Waals surface area contributed by atoms with E-state index >= 15 is 0 Å². The van der Waals surface area contributed by atoms with Crippen LogP contribution in [-0.2, 0) is 13.0 Å². The highest BCUT2D eigenvalue weighted by molar-refractivity contribution is 5.43. The third-order valence-corrected chi connectivity index (χ3v) is 3.30. The van der Waals surface area contributed by atoms with Crippen molar-refractivity contribution in [3.8, 4) is 12.1 Å². The SMILES string of the molecule is N#Cc1ccc(Cc2c(CN=[N+]=[N-])ccc(C#N)c2F)cc1F. The van der Waals surface area contributed by atoms with E-state index in [0.717, 1.165) is 6.07 Å². The Hall–Kier alpha value is -3.41. The minimum atomic E-state index is -0.720. The predicted molar refractivity (Wildman–Crippen MR) is 77.9 cm³/mol. The smallest absolute Gasteiger partial charge is 0.144 e. The number of halogens is 2. The molecule has 5 nitrogen and oxygen atoms in total. The Morgan fingerprint density at radius 1 is 1.09 bits per heavy atom. The molecule has 0 aliphatic heterocycles. The van der Waals surface area contributed by atoms with Crippen molar-refractivity contribution in [3.63, 3.8) is 0 Å². The highest BCUT2D eigenvalue weighted by atomic mass is 19.1. The second-order valence-electron chi connectivity index (χ2n) is 4.67. The van der Waals surface area contributed by atoms with E-state index in [1.165, 1.54) is 24.3 Å². The van der Waals surface area contributed by atoms with E-state index < -0.39 is 11.6 Å². The monoisotopic (exact) mass is 309 g/mol. The summed E-state index contributed by atoms with van der Waals surface area (Å²) < 4.78 is 28.1. The minimum absolute atomic E-state index is 0.0142. The average Bonchev–Trinajstić information content (AvgIpc) is 2.55. The van der Waals surface area contributed by atoms with Gasteiger partial charge in [-0.05, 0) is 40.4 Å². The molecule has 0 fully saturated rings. The summed E-state index contributed by atoms with van der Waals surface area (Å²) in [7, 11) is 0. The fourth-order valence-electron chi connectivity index (χ4n) is 2.16. The first kappa shape index (κ1) is 16.0. The fourth-order valence-corrected chi connectivity index (χ4v) is 2.16. The first-order valence-electron chi connectivity index (χ1n) is 6.50. The maximum absolute atomic E-state index is 14.4. The zero-order chi connectivity index (χ0) is 16.8. The topological polar surface area (TPSA) is 96.3 Å². The Kier molecular flexibility index (Phi) is 4.89. The van der Waals surface area contributed by atoms with Gasteiger partial charge in [0.2, 0.25) is 0 Å². The number of azide groups is 1. The van der Waals surface area contributed by atoms with Gasteiger partial charge in [0.25, 0.3) is 0 Å². The molecule has 0 amide bonds. The van der Waals surface area contributed by atoms with Crippen molar-refractivity contribution in [2.45, 2.75) is 13.0 Å². The number of nitriles is 2. The molecule has 2 aromatic carbocycles. The van der Waals surface area contributed by atoms with Crippen LogP contribution in [0.15, 0.2) is 35.4 Å². The van der Waals surface area contributed by atoms with Gasteiger partial charge in [0.1, 0.15) is 23.8 Å². The first-order chi connectivity index (χ1) is 11.1. The van der Waals surface area contributed by atoms with Crippen molar-refractivity contribution in [3.05, 3.63) is 80.2 Å². The van der Waals surface area contributed by atoms with Gasteiger partial charge < -0.3 is 0 Å². The lowest BCUT2D eigenvalue weighted by Crippen LogP contribution is -2.02. The zero-order valence-electron chi connectivity index (χ0n) is 11.8. The van der Waals surface area contributed by atoms with Gasteiger partial charge in [-0.15, -0.1) is 0 Å². The van der Waals surface area contributed by atoms with Crippen LogP contribution in [0.4, 0.5) is 8.78 Å². The average molecular weight is 309 g/mol. The molecule has 2 rings (SSSR count). The summed E-state index contributed by atoms with van der Waals surface area (Å²) in [6.07, 6.45) is 0.0142. The summed E-state index contributed by atoms with van der Waals surface area (Å²) in [4.78, 5) is 2.63. The molecule has 0 saturated carbocycles. The molecule has 0 radical (unpaired) electrons. The zero-order valence-corrected chi connectivity index (χ0v) is 11.8. The maximum Gasteiger partial charge on any atom is 0.144 e. The van der Waals surface area contributed by atoms with Gasteiger partial charge in [-0.25, -0.2) is 8.78 Å². The number of hydrogen-bond acceptors (Lipinski definition) is 3. The lowest BCUT2D eigenvalue weighted by atomic mass is 9.96. The van der Waals surface area contributed by atoms with E-state index in [9.17, 15) is 8.78 Å². The summed E-state index contributed by atoms with van der Waals surface area (Å²) in [5.41, 5.74) is 9.19. The molecule has 7 heteroatoms.